The van der Waals surface area contributed by atoms with E-state index in [0.717, 1.165) is 29.5 Å². The molecule has 1 N–H and O–H groups in total. The fourth-order valence-corrected chi connectivity index (χ4v) is 4.91. The Hall–Kier alpha value is -1.20. The molecule has 0 saturated carbocycles. The maximum absolute atomic E-state index is 10.5. The number of phenolic OH excluding ortho intramolecular Hbond substituents is 1. The molecule has 2 aromatic rings. The standard InChI is InChI=1S/C21H28AsO/c1-4-8-17-11-12-21(23)20(15-17)19(13-14-22-16(2)3)18-9-6-5-7-10-18/h5-7,9-12,15-16,19,23H,4,8,13-14H2,1-3H3. The summed E-state index contributed by atoms with van der Waals surface area (Å²) in [5, 5.41) is 11.7. The van der Waals surface area contributed by atoms with Gasteiger partial charge in [0.05, 0.1) is 0 Å². The van der Waals surface area contributed by atoms with Gasteiger partial charge in [-0.05, 0) is 0 Å². The van der Waals surface area contributed by atoms with Crippen LogP contribution in [0.15, 0.2) is 48.5 Å². The average Bonchev–Trinajstić information content (AvgIpc) is 2.55. The molecule has 1 radical (unpaired) electrons. The van der Waals surface area contributed by atoms with Crippen LogP contribution in [0.1, 0.15) is 56.2 Å². The summed E-state index contributed by atoms with van der Waals surface area (Å²) in [6.07, 6.45) is 3.34. The molecule has 2 heteroatoms. The van der Waals surface area contributed by atoms with Gasteiger partial charge < -0.3 is 0 Å². The molecule has 2 aromatic carbocycles. The number of phenols is 1. The molecule has 0 saturated heterocycles. The molecule has 0 spiro atoms. The van der Waals surface area contributed by atoms with E-state index in [0.29, 0.717) is 27.4 Å². The number of hydrogen-bond acceptors (Lipinski definition) is 1. The summed E-state index contributed by atoms with van der Waals surface area (Å²) in [5.74, 6) is 0.751. The van der Waals surface area contributed by atoms with Gasteiger partial charge in [0.1, 0.15) is 0 Å². The topological polar surface area (TPSA) is 20.2 Å². The third-order valence-electron chi connectivity index (χ3n) is 4.12. The molecule has 0 bridgehead atoms. The number of aryl methyl sites for hydroxylation is 1. The summed E-state index contributed by atoms with van der Waals surface area (Å²) in [6.45, 7) is 6.83. The number of rotatable bonds is 8. The summed E-state index contributed by atoms with van der Waals surface area (Å²) in [7, 11) is 0. The van der Waals surface area contributed by atoms with Gasteiger partial charge in [0.25, 0.3) is 0 Å². The zero-order chi connectivity index (χ0) is 16.7. The van der Waals surface area contributed by atoms with Crippen molar-refractivity contribution in [2.75, 3.05) is 0 Å². The van der Waals surface area contributed by atoms with Crippen molar-refractivity contribution in [1.29, 1.82) is 0 Å². The molecule has 123 valence electrons. The van der Waals surface area contributed by atoms with Crippen LogP contribution in [0.25, 0.3) is 0 Å². The molecule has 0 heterocycles. The van der Waals surface area contributed by atoms with Crippen molar-refractivity contribution < 1.29 is 5.11 Å². The Morgan fingerprint density at radius 1 is 1.04 bits per heavy atom. The van der Waals surface area contributed by atoms with Gasteiger partial charge in [0, 0.05) is 0 Å². The first-order valence-electron chi connectivity index (χ1n) is 8.65. The van der Waals surface area contributed by atoms with Crippen LogP contribution in [-0.4, -0.2) is 20.9 Å². The fraction of sp³-hybridized carbons (Fsp3) is 0.429. The van der Waals surface area contributed by atoms with Crippen molar-refractivity contribution in [3.05, 3.63) is 65.2 Å². The third-order valence-corrected chi connectivity index (χ3v) is 6.74. The van der Waals surface area contributed by atoms with Crippen LogP contribution in [0, 0.1) is 0 Å². The van der Waals surface area contributed by atoms with Crippen LogP contribution in [0.4, 0.5) is 0 Å². The van der Waals surface area contributed by atoms with Crippen LogP contribution in [0.2, 0.25) is 9.91 Å². The molecule has 0 aliphatic carbocycles. The van der Waals surface area contributed by atoms with Crippen LogP contribution in [0.5, 0.6) is 5.75 Å². The Kier molecular flexibility index (Phi) is 7.24. The molecule has 0 aromatic heterocycles. The van der Waals surface area contributed by atoms with Gasteiger partial charge >= 0.3 is 148 Å². The van der Waals surface area contributed by atoms with Crippen LogP contribution in [-0.2, 0) is 6.42 Å². The van der Waals surface area contributed by atoms with Crippen molar-refractivity contribution in [3.8, 4) is 5.75 Å². The first kappa shape index (κ1) is 18.1. The Morgan fingerprint density at radius 2 is 1.78 bits per heavy atom. The normalized spacial score (nSPS) is 13.0. The predicted octanol–water partition coefficient (Wildman–Crippen LogP) is 5.82. The Balaban J connectivity index is 2.31. The van der Waals surface area contributed by atoms with Crippen LogP contribution >= 0.6 is 0 Å². The van der Waals surface area contributed by atoms with Gasteiger partial charge in [-0.2, -0.15) is 0 Å². The van der Waals surface area contributed by atoms with E-state index in [1.807, 2.05) is 6.07 Å². The van der Waals surface area contributed by atoms with E-state index in [4.69, 9.17) is 0 Å². The molecule has 2 rings (SSSR count). The average molecular weight is 371 g/mol. The van der Waals surface area contributed by atoms with Crippen LogP contribution in [0.3, 0.4) is 0 Å². The van der Waals surface area contributed by atoms with E-state index in [2.05, 4.69) is 63.2 Å². The van der Waals surface area contributed by atoms with E-state index in [9.17, 15) is 5.11 Å². The first-order chi connectivity index (χ1) is 11.1. The quantitative estimate of drug-likeness (QED) is 0.580. The second-order valence-corrected chi connectivity index (χ2v) is 10.3. The fourth-order valence-electron chi connectivity index (χ4n) is 2.98. The number of benzene rings is 2. The zero-order valence-electron chi connectivity index (χ0n) is 14.5. The molecule has 1 nitrogen and oxygen atoms in total. The van der Waals surface area contributed by atoms with E-state index in [1.54, 1.807) is 0 Å². The number of aromatic hydroxyl groups is 1. The van der Waals surface area contributed by atoms with Crippen molar-refractivity contribution in [3.63, 3.8) is 0 Å². The molecule has 1 unspecified atom stereocenters. The molecular formula is C21H28AsO. The molecule has 23 heavy (non-hydrogen) atoms. The van der Waals surface area contributed by atoms with Gasteiger partial charge in [-0.3, -0.25) is 0 Å². The second-order valence-electron chi connectivity index (χ2n) is 6.40. The van der Waals surface area contributed by atoms with Crippen LogP contribution < -0.4 is 0 Å². The van der Waals surface area contributed by atoms with E-state index >= 15 is 0 Å². The second kappa shape index (κ2) is 9.18. The molecular weight excluding hydrogens is 343 g/mol. The summed E-state index contributed by atoms with van der Waals surface area (Å²) in [6, 6.07) is 16.8. The molecule has 0 amide bonds. The Bertz CT molecular complexity index is 592. The summed E-state index contributed by atoms with van der Waals surface area (Å²) < 4.78 is 0.822. The van der Waals surface area contributed by atoms with E-state index in [-0.39, 0.29) is 0 Å². The summed E-state index contributed by atoms with van der Waals surface area (Å²) in [4.78, 5) is 0. The van der Waals surface area contributed by atoms with Gasteiger partial charge in [0.2, 0.25) is 0 Å². The van der Waals surface area contributed by atoms with Gasteiger partial charge in [0.15, 0.2) is 0 Å². The zero-order valence-corrected chi connectivity index (χ0v) is 16.4. The third kappa shape index (κ3) is 5.43. The summed E-state index contributed by atoms with van der Waals surface area (Å²) in [5.41, 5.74) is 3.76. The maximum atomic E-state index is 10.5. The molecule has 0 aliphatic rings. The van der Waals surface area contributed by atoms with E-state index < -0.39 is 0 Å². The monoisotopic (exact) mass is 371 g/mol. The predicted molar refractivity (Wildman–Crippen MR) is 101 cm³/mol. The first-order valence-corrected chi connectivity index (χ1v) is 11.1. The Labute approximate surface area is 147 Å². The van der Waals surface area contributed by atoms with Crippen molar-refractivity contribution in [2.45, 2.75) is 55.9 Å². The molecule has 1 atom stereocenters. The minimum absolute atomic E-state index is 0.307. The van der Waals surface area contributed by atoms with E-state index in [1.165, 1.54) is 16.3 Å². The molecule has 0 fully saturated rings. The Morgan fingerprint density at radius 3 is 2.43 bits per heavy atom. The number of hydrogen-bond donors (Lipinski definition) is 1. The van der Waals surface area contributed by atoms with Crippen molar-refractivity contribution in [1.82, 2.24) is 0 Å². The van der Waals surface area contributed by atoms with Crippen molar-refractivity contribution in [2.24, 2.45) is 0 Å². The molecule has 0 aliphatic heterocycles. The van der Waals surface area contributed by atoms with Gasteiger partial charge in [-0.25, -0.2) is 0 Å². The SMILES string of the molecule is CCCc1ccc(O)c(C(CC[As]C(C)C)c2ccccc2)c1. The minimum atomic E-state index is 0.307. The van der Waals surface area contributed by atoms with Gasteiger partial charge in [-0.15, -0.1) is 0 Å². The summed E-state index contributed by atoms with van der Waals surface area (Å²) >= 11 is 0.388. The van der Waals surface area contributed by atoms with Crippen molar-refractivity contribution >= 4 is 15.8 Å². The van der Waals surface area contributed by atoms with Gasteiger partial charge in [-0.1, -0.05) is 0 Å².